The van der Waals surface area contributed by atoms with E-state index in [4.69, 9.17) is 5.11 Å². The number of rotatable bonds is 6. The first kappa shape index (κ1) is 15.9. The van der Waals surface area contributed by atoms with Crippen LogP contribution >= 0.6 is 11.8 Å². The van der Waals surface area contributed by atoms with Gasteiger partial charge in [-0.15, -0.1) is 11.8 Å². The van der Waals surface area contributed by atoms with Gasteiger partial charge in [0.1, 0.15) is 17.2 Å². The highest BCUT2D eigenvalue weighted by atomic mass is 32.2. The van der Waals surface area contributed by atoms with Crippen molar-refractivity contribution < 1.29 is 18.7 Å². The number of carboxylic acids is 1. The Labute approximate surface area is 115 Å². The van der Waals surface area contributed by atoms with E-state index in [1.807, 2.05) is 6.92 Å². The molecule has 19 heavy (non-hydrogen) atoms. The van der Waals surface area contributed by atoms with Crippen LogP contribution in [0.2, 0.25) is 0 Å². The Morgan fingerprint density at radius 3 is 2.63 bits per heavy atom. The van der Waals surface area contributed by atoms with Gasteiger partial charge in [0, 0.05) is 16.2 Å². The van der Waals surface area contributed by atoms with E-state index in [1.165, 1.54) is 23.9 Å². The minimum atomic E-state index is -1.07. The molecule has 0 aliphatic heterocycles. The summed E-state index contributed by atoms with van der Waals surface area (Å²) in [5, 5.41) is 11.8. The molecule has 1 aromatic carbocycles. The van der Waals surface area contributed by atoms with Crippen molar-refractivity contribution in [2.75, 3.05) is 7.05 Å². The number of carboxylic acid groups (broad SMARTS) is 1. The van der Waals surface area contributed by atoms with E-state index in [9.17, 15) is 13.6 Å². The zero-order valence-electron chi connectivity index (χ0n) is 11.0. The fourth-order valence-corrected chi connectivity index (χ4v) is 2.87. The van der Waals surface area contributed by atoms with E-state index in [2.05, 4.69) is 5.32 Å². The van der Waals surface area contributed by atoms with Crippen LogP contribution in [0.4, 0.5) is 8.78 Å². The van der Waals surface area contributed by atoms with E-state index >= 15 is 0 Å². The van der Waals surface area contributed by atoms with Gasteiger partial charge in [-0.05, 0) is 32.5 Å². The molecule has 106 valence electrons. The Balaban J connectivity index is 2.74. The van der Waals surface area contributed by atoms with Crippen molar-refractivity contribution in [2.24, 2.45) is 0 Å². The fourth-order valence-electron chi connectivity index (χ4n) is 1.70. The molecule has 3 nitrogen and oxygen atoms in total. The quantitative estimate of drug-likeness (QED) is 0.791. The van der Waals surface area contributed by atoms with Gasteiger partial charge in [-0.3, -0.25) is 4.79 Å². The van der Waals surface area contributed by atoms with Crippen LogP contribution in [0.25, 0.3) is 0 Å². The number of aliphatic carboxylic acids is 1. The molecule has 0 spiro atoms. The summed E-state index contributed by atoms with van der Waals surface area (Å²) in [6.45, 7) is 3.39. The molecule has 2 atom stereocenters. The highest BCUT2D eigenvalue weighted by molar-refractivity contribution is 8.00. The number of nitrogens with one attached hydrogen (secondary N) is 1. The summed E-state index contributed by atoms with van der Waals surface area (Å²) in [4.78, 5) is 11.5. The Morgan fingerprint density at radius 1 is 1.53 bits per heavy atom. The van der Waals surface area contributed by atoms with Crippen molar-refractivity contribution in [1.82, 2.24) is 5.32 Å². The Kier molecular flexibility index (Phi) is 5.31. The molecule has 0 aliphatic carbocycles. The summed E-state index contributed by atoms with van der Waals surface area (Å²) in [7, 11) is 1.57. The lowest BCUT2D eigenvalue weighted by molar-refractivity contribution is -0.144. The third kappa shape index (κ3) is 4.18. The maximum absolute atomic E-state index is 13.5. The minimum absolute atomic E-state index is 0.131. The molecule has 0 aromatic heterocycles. The largest absolute Gasteiger partial charge is 0.480 e. The van der Waals surface area contributed by atoms with Crippen LogP contribution in [0.3, 0.4) is 0 Å². The molecular formula is C13H17F2NO2S. The summed E-state index contributed by atoms with van der Waals surface area (Å²) in [5.41, 5.74) is -1.07. The van der Waals surface area contributed by atoms with Gasteiger partial charge < -0.3 is 10.4 Å². The van der Waals surface area contributed by atoms with Crippen molar-refractivity contribution in [2.45, 2.75) is 36.0 Å². The van der Waals surface area contributed by atoms with Gasteiger partial charge in [0.2, 0.25) is 0 Å². The molecule has 6 heteroatoms. The van der Waals surface area contributed by atoms with Crippen molar-refractivity contribution in [3.8, 4) is 0 Å². The number of hydrogen-bond donors (Lipinski definition) is 2. The van der Waals surface area contributed by atoms with Crippen molar-refractivity contribution in [3.05, 3.63) is 29.8 Å². The van der Waals surface area contributed by atoms with Gasteiger partial charge in [0.25, 0.3) is 0 Å². The van der Waals surface area contributed by atoms with Crippen molar-refractivity contribution >= 4 is 17.7 Å². The average Bonchev–Trinajstić information content (AvgIpc) is 2.32. The van der Waals surface area contributed by atoms with Gasteiger partial charge in [-0.1, -0.05) is 6.92 Å². The molecular weight excluding hydrogens is 272 g/mol. The Bertz CT molecular complexity index is 470. The number of thioether (sulfide) groups is 1. The first-order valence-electron chi connectivity index (χ1n) is 5.82. The number of carbonyl (C=O) groups is 1. The van der Waals surface area contributed by atoms with Crippen LogP contribution < -0.4 is 5.32 Å². The Hall–Kier alpha value is -1.14. The van der Waals surface area contributed by atoms with Crippen molar-refractivity contribution in [3.63, 3.8) is 0 Å². The fraction of sp³-hybridized carbons (Fsp3) is 0.462. The molecule has 0 radical (unpaired) electrons. The van der Waals surface area contributed by atoms with Gasteiger partial charge in [0.05, 0.1) is 0 Å². The molecule has 0 aliphatic rings. The van der Waals surface area contributed by atoms with Gasteiger partial charge in [-0.2, -0.15) is 0 Å². The molecule has 1 rings (SSSR count). The molecule has 0 saturated heterocycles. The van der Waals surface area contributed by atoms with E-state index in [0.29, 0.717) is 11.3 Å². The highest BCUT2D eigenvalue weighted by Gasteiger charge is 2.33. The maximum Gasteiger partial charge on any atom is 0.323 e. The summed E-state index contributed by atoms with van der Waals surface area (Å²) in [6, 6.07) is 3.37. The van der Waals surface area contributed by atoms with Crippen molar-refractivity contribution in [1.29, 1.82) is 0 Å². The lowest BCUT2D eigenvalue weighted by Gasteiger charge is -2.27. The molecule has 0 saturated carbocycles. The van der Waals surface area contributed by atoms with Gasteiger partial charge >= 0.3 is 5.97 Å². The third-order valence-electron chi connectivity index (χ3n) is 2.94. The summed E-state index contributed by atoms with van der Waals surface area (Å²) >= 11 is 1.19. The molecule has 0 amide bonds. The zero-order chi connectivity index (χ0) is 14.6. The molecule has 2 N–H and O–H groups in total. The standard InChI is InChI=1S/C13H17F2NO2S/c1-8(7-13(2,16-3)12(17)18)19-11-5-4-9(14)6-10(11)15/h4-6,8,16H,7H2,1-3H3,(H,17,18). The van der Waals surface area contributed by atoms with Gasteiger partial charge in [-0.25, -0.2) is 8.78 Å². The smallest absolute Gasteiger partial charge is 0.323 e. The number of halogens is 2. The van der Waals surface area contributed by atoms with E-state index in [0.717, 1.165) is 6.07 Å². The molecule has 0 heterocycles. The lowest BCUT2D eigenvalue weighted by atomic mass is 9.96. The number of benzene rings is 1. The first-order valence-corrected chi connectivity index (χ1v) is 6.70. The third-order valence-corrected chi connectivity index (χ3v) is 4.10. The van der Waals surface area contributed by atoms with Crippen LogP contribution in [0.1, 0.15) is 20.3 Å². The van der Waals surface area contributed by atoms with Crippen LogP contribution in [0.15, 0.2) is 23.1 Å². The summed E-state index contributed by atoms with van der Waals surface area (Å²) < 4.78 is 26.3. The van der Waals surface area contributed by atoms with E-state index in [1.54, 1.807) is 14.0 Å². The van der Waals surface area contributed by atoms with Crippen LogP contribution in [-0.2, 0) is 4.79 Å². The maximum atomic E-state index is 13.5. The van der Waals surface area contributed by atoms with Crippen LogP contribution in [0, 0.1) is 11.6 Å². The van der Waals surface area contributed by atoms with E-state index in [-0.39, 0.29) is 5.25 Å². The average molecular weight is 289 g/mol. The SMILES string of the molecule is CNC(C)(CC(C)Sc1ccc(F)cc1F)C(=O)O. The Morgan fingerprint density at radius 2 is 2.16 bits per heavy atom. The second-order valence-corrected chi connectivity index (χ2v) is 6.07. The number of likely N-dealkylation sites (N-methyl/N-ethyl adjacent to an activating group) is 1. The van der Waals surface area contributed by atoms with Crippen LogP contribution in [-0.4, -0.2) is 28.9 Å². The number of hydrogen-bond acceptors (Lipinski definition) is 3. The normalized spacial score (nSPS) is 15.8. The second-order valence-electron chi connectivity index (χ2n) is 4.59. The molecule has 0 fully saturated rings. The van der Waals surface area contributed by atoms with Gasteiger partial charge in [0.15, 0.2) is 0 Å². The second kappa shape index (κ2) is 6.34. The topological polar surface area (TPSA) is 49.3 Å². The molecule has 2 unspecified atom stereocenters. The predicted molar refractivity (Wildman–Crippen MR) is 71.4 cm³/mol. The molecule has 1 aromatic rings. The predicted octanol–water partition coefficient (Wildman–Crippen LogP) is 2.90. The lowest BCUT2D eigenvalue weighted by Crippen LogP contribution is -2.49. The monoisotopic (exact) mass is 289 g/mol. The summed E-state index contributed by atoms with van der Waals surface area (Å²) in [5.74, 6) is -2.21. The minimum Gasteiger partial charge on any atom is -0.480 e. The zero-order valence-corrected chi connectivity index (χ0v) is 11.9. The molecule has 0 bridgehead atoms. The summed E-state index contributed by atoms with van der Waals surface area (Å²) in [6.07, 6.45) is 0.320. The van der Waals surface area contributed by atoms with Crippen LogP contribution in [0.5, 0.6) is 0 Å². The van der Waals surface area contributed by atoms with E-state index < -0.39 is 23.1 Å². The highest BCUT2D eigenvalue weighted by Crippen LogP contribution is 2.30. The first-order chi connectivity index (χ1) is 8.78.